The fourth-order valence-corrected chi connectivity index (χ4v) is 1.53. The summed E-state index contributed by atoms with van der Waals surface area (Å²) >= 11 is 0. The van der Waals surface area contributed by atoms with E-state index in [1.807, 2.05) is 0 Å². The molecule has 1 aromatic rings. The number of carbonyl (C=O) groups is 1. The molecule has 17 heavy (non-hydrogen) atoms. The Morgan fingerprint density at radius 3 is 2.76 bits per heavy atom. The Morgan fingerprint density at radius 1 is 1.47 bits per heavy atom. The third-order valence-electron chi connectivity index (χ3n) is 1.76. The van der Waals surface area contributed by atoms with Gasteiger partial charge in [0.05, 0.1) is 10.9 Å². The van der Waals surface area contributed by atoms with Gasteiger partial charge in [0.15, 0.2) is 0 Å². The fraction of sp³-hybridized carbons (Fsp3) is 0.200. The third-order valence-corrected chi connectivity index (χ3v) is 2.61. The zero-order chi connectivity index (χ0) is 12.9. The van der Waals surface area contributed by atoms with Crippen LogP contribution < -0.4 is 0 Å². The maximum atomic E-state index is 11.4. The molecule has 1 N–H and O–H groups in total. The van der Waals surface area contributed by atoms with Crippen LogP contribution >= 0.6 is 0 Å². The lowest BCUT2D eigenvalue weighted by Crippen LogP contribution is -2.01. The molecule has 0 fully saturated rings. The van der Waals surface area contributed by atoms with Gasteiger partial charge in [-0.3, -0.25) is 9.35 Å². The number of benzene rings is 1. The van der Waals surface area contributed by atoms with E-state index in [1.165, 1.54) is 18.2 Å². The van der Waals surface area contributed by atoms with Crippen LogP contribution in [0.2, 0.25) is 0 Å². The number of aliphatic imine (C=N–C) groups is 2. The zero-order valence-electron chi connectivity index (χ0n) is 8.99. The maximum Gasteiger partial charge on any atom is 0.294 e. The smallest absolute Gasteiger partial charge is 0.282 e. The molecule has 0 aliphatic heterocycles. The average Bonchev–Trinajstić information content (AvgIpc) is 2.28. The molecule has 6 nitrogen and oxygen atoms in total. The monoisotopic (exact) mass is 254 g/mol. The summed E-state index contributed by atoms with van der Waals surface area (Å²) in [5.74, 6) is -0.673. The zero-order valence-corrected chi connectivity index (χ0v) is 9.81. The molecule has 0 saturated heterocycles. The van der Waals surface area contributed by atoms with Gasteiger partial charge < -0.3 is 0 Å². The van der Waals surface area contributed by atoms with Gasteiger partial charge in [0.1, 0.15) is 0 Å². The average molecular weight is 254 g/mol. The van der Waals surface area contributed by atoms with Gasteiger partial charge in [-0.05, 0) is 25.1 Å². The Balaban J connectivity index is 3.09. The van der Waals surface area contributed by atoms with Crippen LogP contribution in [0.5, 0.6) is 0 Å². The minimum absolute atomic E-state index is 0.0407. The second-order valence-electron chi connectivity index (χ2n) is 2.99. The van der Waals surface area contributed by atoms with E-state index >= 15 is 0 Å². The van der Waals surface area contributed by atoms with Crippen LogP contribution in [-0.4, -0.2) is 31.4 Å². The van der Waals surface area contributed by atoms with Crippen molar-refractivity contribution in [3.63, 3.8) is 0 Å². The first-order chi connectivity index (χ1) is 7.95. The highest BCUT2D eigenvalue weighted by Crippen LogP contribution is 2.11. The Labute approximate surface area is 98.5 Å². The summed E-state index contributed by atoms with van der Waals surface area (Å²) in [5.41, 5.74) is 0.0407. The summed E-state index contributed by atoms with van der Waals surface area (Å²) in [6.45, 7) is 2.20. The van der Waals surface area contributed by atoms with Crippen LogP contribution in [0.3, 0.4) is 0 Å². The molecule has 0 atom stereocenters. The van der Waals surface area contributed by atoms with Crippen molar-refractivity contribution in [2.75, 3.05) is 6.54 Å². The molecule has 0 bridgehead atoms. The minimum atomic E-state index is -4.32. The molecule has 0 radical (unpaired) electrons. The highest BCUT2D eigenvalue weighted by molar-refractivity contribution is 7.85. The van der Waals surface area contributed by atoms with Crippen LogP contribution in [0.15, 0.2) is 39.1 Å². The van der Waals surface area contributed by atoms with Gasteiger partial charge in [0, 0.05) is 12.1 Å². The van der Waals surface area contributed by atoms with E-state index in [4.69, 9.17) is 4.55 Å². The normalized spacial score (nSPS) is 10.5. The molecule has 0 spiro atoms. The number of nitrogens with zero attached hydrogens (tertiary/aromatic N) is 2. The number of hydrogen-bond donors (Lipinski definition) is 1. The molecule has 1 amide bonds. The van der Waals surface area contributed by atoms with Gasteiger partial charge in [-0.1, -0.05) is 6.07 Å². The second kappa shape index (κ2) is 5.49. The molecule has 0 aliphatic rings. The first-order valence-electron chi connectivity index (χ1n) is 4.69. The molecule has 0 saturated carbocycles. The molecule has 0 aliphatic carbocycles. The van der Waals surface area contributed by atoms with Gasteiger partial charge in [-0.15, -0.1) is 4.99 Å². The van der Waals surface area contributed by atoms with E-state index in [0.29, 0.717) is 6.54 Å². The largest absolute Gasteiger partial charge is 0.294 e. The predicted molar refractivity (Wildman–Crippen MR) is 61.0 cm³/mol. The summed E-state index contributed by atoms with van der Waals surface area (Å²) in [7, 11) is -4.32. The lowest BCUT2D eigenvalue weighted by atomic mass is 10.2. The van der Waals surface area contributed by atoms with E-state index in [1.54, 1.807) is 6.92 Å². The van der Waals surface area contributed by atoms with E-state index in [-0.39, 0.29) is 10.5 Å². The number of hydrogen-bond acceptors (Lipinski definition) is 4. The summed E-state index contributed by atoms with van der Waals surface area (Å²) < 4.78 is 30.5. The van der Waals surface area contributed by atoms with Crippen molar-refractivity contribution in [1.82, 2.24) is 0 Å². The molecule has 90 valence electrons. The Hall–Kier alpha value is -1.82. The molecule has 1 rings (SSSR count). The Bertz CT molecular complexity index is 586. The number of amides is 1. The Kier molecular flexibility index (Phi) is 4.28. The van der Waals surface area contributed by atoms with E-state index < -0.39 is 16.0 Å². The van der Waals surface area contributed by atoms with Crippen LogP contribution in [0.1, 0.15) is 17.3 Å². The van der Waals surface area contributed by atoms with Gasteiger partial charge in [0.2, 0.25) is 0 Å². The highest BCUT2D eigenvalue weighted by Gasteiger charge is 2.12. The van der Waals surface area contributed by atoms with Gasteiger partial charge in [0.25, 0.3) is 16.0 Å². The van der Waals surface area contributed by atoms with Crippen LogP contribution in [0.25, 0.3) is 0 Å². The van der Waals surface area contributed by atoms with Crippen molar-refractivity contribution < 1.29 is 17.8 Å². The lowest BCUT2D eigenvalue weighted by Gasteiger charge is -1.98. The summed E-state index contributed by atoms with van der Waals surface area (Å²) in [4.78, 5) is 18.1. The number of carbonyl (C=O) groups excluding carboxylic acids is 1. The van der Waals surface area contributed by atoms with Crippen LogP contribution in [0.4, 0.5) is 0 Å². The summed E-state index contributed by atoms with van der Waals surface area (Å²) in [6, 6.07) is 7.11. The SMILES string of the molecule is CCN=C=NC(=O)c1cccc(S(=O)(=O)O)c1. The van der Waals surface area contributed by atoms with E-state index in [0.717, 1.165) is 6.07 Å². The highest BCUT2D eigenvalue weighted by atomic mass is 32.2. The van der Waals surface area contributed by atoms with Crippen molar-refractivity contribution in [3.8, 4) is 0 Å². The standard InChI is InChI=1S/C10H10N2O4S/c1-2-11-7-12-10(13)8-4-3-5-9(6-8)17(14,15)16/h3-6H,2H2,1H3,(H,14,15,16). The minimum Gasteiger partial charge on any atom is -0.282 e. The first-order valence-corrected chi connectivity index (χ1v) is 6.13. The molecular weight excluding hydrogens is 244 g/mol. The third kappa shape index (κ3) is 3.92. The van der Waals surface area contributed by atoms with Crippen molar-refractivity contribution in [3.05, 3.63) is 29.8 Å². The second-order valence-corrected chi connectivity index (χ2v) is 4.42. The predicted octanol–water partition coefficient (Wildman–Crippen LogP) is 1.27. The summed E-state index contributed by atoms with van der Waals surface area (Å²) in [6.07, 6.45) is 0. The van der Waals surface area contributed by atoms with E-state index in [9.17, 15) is 13.2 Å². The molecule has 7 heteroatoms. The lowest BCUT2D eigenvalue weighted by molar-refractivity contribution is 0.100. The number of rotatable bonds is 3. The van der Waals surface area contributed by atoms with Crippen molar-refractivity contribution in [1.29, 1.82) is 0 Å². The molecular formula is C10H10N2O4S. The molecule has 1 aromatic carbocycles. The summed E-state index contributed by atoms with van der Waals surface area (Å²) in [5, 5.41) is 0. The van der Waals surface area contributed by atoms with Crippen molar-refractivity contribution in [2.24, 2.45) is 9.98 Å². The topological polar surface area (TPSA) is 96.2 Å². The quantitative estimate of drug-likeness (QED) is 0.648. The van der Waals surface area contributed by atoms with E-state index in [2.05, 4.69) is 16.0 Å². The maximum absolute atomic E-state index is 11.4. The van der Waals surface area contributed by atoms with Crippen LogP contribution in [-0.2, 0) is 10.1 Å². The fourth-order valence-electron chi connectivity index (χ4n) is 1.01. The molecule has 0 heterocycles. The van der Waals surface area contributed by atoms with Crippen LogP contribution in [0, 0.1) is 0 Å². The first kappa shape index (κ1) is 13.2. The van der Waals surface area contributed by atoms with Gasteiger partial charge in [-0.25, -0.2) is 4.99 Å². The van der Waals surface area contributed by atoms with Gasteiger partial charge >= 0.3 is 0 Å². The Morgan fingerprint density at radius 2 is 2.18 bits per heavy atom. The van der Waals surface area contributed by atoms with Crippen molar-refractivity contribution in [2.45, 2.75) is 11.8 Å². The van der Waals surface area contributed by atoms with Crippen molar-refractivity contribution >= 4 is 22.0 Å². The molecule has 0 aromatic heterocycles. The molecule has 0 unspecified atom stereocenters. The van der Waals surface area contributed by atoms with Gasteiger partial charge in [-0.2, -0.15) is 8.42 Å².